The van der Waals surface area contributed by atoms with Gasteiger partial charge in [0.15, 0.2) is 28.6 Å². The Morgan fingerprint density at radius 3 is 2.00 bits per heavy atom. The number of aliphatic carboxylic acids is 1. The topological polar surface area (TPSA) is 248 Å². The van der Waals surface area contributed by atoms with Crippen molar-refractivity contribution in [3.05, 3.63) is 35.9 Å². The van der Waals surface area contributed by atoms with Gasteiger partial charge < -0.3 is 45.8 Å². The Balaban J connectivity index is 2.41. The summed E-state index contributed by atoms with van der Waals surface area (Å²) in [6.07, 6.45) is -4.89. The number of amides is 1. The predicted octanol–water partition coefficient (Wildman–Crippen LogP) is -4.16. The molecular weight excluding hydrogens is 506 g/mol. The van der Waals surface area contributed by atoms with Gasteiger partial charge in [0, 0.05) is 11.3 Å². The van der Waals surface area contributed by atoms with Crippen molar-refractivity contribution in [2.24, 2.45) is 0 Å². The van der Waals surface area contributed by atoms with E-state index in [0.717, 1.165) is 0 Å². The highest BCUT2D eigenvalue weighted by molar-refractivity contribution is 7.99. The van der Waals surface area contributed by atoms with Crippen LogP contribution in [0.25, 0.3) is 0 Å². The Bertz CT molecular complexity index is 1000. The van der Waals surface area contributed by atoms with Crippen LogP contribution in [0.15, 0.2) is 30.3 Å². The first-order chi connectivity index (χ1) is 16.9. The molecule has 0 spiro atoms. The van der Waals surface area contributed by atoms with E-state index in [0.29, 0.717) is 11.8 Å². The zero-order chi connectivity index (χ0) is 27.3. The molecular formula is C21H25NO13S. The number of aliphatic hydroxyl groups is 6. The van der Waals surface area contributed by atoms with E-state index in [1.54, 1.807) is 6.07 Å². The molecule has 36 heavy (non-hydrogen) atoms. The van der Waals surface area contributed by atoms with Crippen molar-refractivity contribution in [3.63, 3.8) is 0 Å². The molecule has 1 fully saturated rings. The van der Waals surface area contributed by atoms with E-state index in [2.05, 4.69) is 5.32 Å². The number of nitrogens with one attached hydrogen (secondary N) is 1. The minimum atomic E-state index is -3.49. The van der Waals surface area contributed by atoms with E-state index in [1.165, 1.54) is 24.3 Å². The molecule has 0 aliphatic carbocycles. The molecule has 1 saturated heterocycles. The average molecular weight is 531 g/mol. The third-order valence-corrected chi connectivity index (χ3v) is 6.85. The van der Waals surface area contributed by atoms with Crippen LogP contribution < -0.4 is 5.32 Å². The Morgan fingerprint density at radius 1 is 0.944 bits per heavy atom. The number of thioether (sulfide) groups is 1. The monoisotopic (exact) mass is 531 g/mol. The van der Waals surface area contributed by atoms with Gasteiger partial charge in [-0.15, -0.1) is 11.8 Å². The minimum absolute atomic E-state index is 0.117. The van der Waals surface area contributed by atoms with Gasteiger partial charge in [-0.25, -0.2) is 4.79 Å². The second kappa shape index (κ2) is 12.0. The summed E-state index contributed by atoms with van der Waals surface area (Å²) >= 11 is 0.300. The molecule has 6 atom stereocenters. The van der Waals surface area contributed by atoms with Crippen LogP contribution in [0.4, 0.5) is 0 Å². The van der Waals surface area contributed by atoms with Gasteiger partial charge in [0.05, 0.1) is 0 Å². The molecule has 0 bridgehead atoms. The number of carbonyl (C=O) groups excluding carboxylic acids is 4. The highest BCUT2D eigenvalue weighted by Gasteiger charge is 2.74. The molecule has 1 heterocycles. The van der Waals surface area contributed by atoms with E-state index in [1.807, 2.05) is 0 Å². The molecule has 2 rings (SSSR count). The number of Topliss-reactive ketones (excluding diaryl/α,β-unsaturated/α-hetero) is 3. The van der Waals surface area contributed by atoms with Crippen LogP contribution in [0.1, 0.15) is 10.4 Å². The molecule has 15 heteroatoms. The number of aliphatic hydroxyl groups excluding tert-OH is 4. The first-order valence-electron chi connectivity index (χ1n) is 10.3. The first-order valence-corrected chi connectivity index (χ1v) is 11.3. The van der Waals surface area contributed by atoms with Crippen molar-refractivity contribution in [2.45, 2.75) is 34.9 Å². The number of rotatable bonds is 13. The van der Waals surface area contributed by atoms with E-state index in [-0.39, 0.29) is 5.56 Å². The lowest BCUT2D eigenvalue weighted by atomic mass is 9.73. The standard InChI is InChI=1S/C21H25NO13S/c23-6-12(26)15(29)16-20(33,13(27)7-24)21(34,14(28)8-25)19(35-16)36-9-11(18(31)32)22-17(30)10-4-2-1-3-5-10/h1-5,11,15-16,19,23-25,29,33-34H,6-9H2,(H,22,30)(H,31,32)/t11-,15?,16+,19?,20+,21-/m0/s1. The van der Waals surface area contributed by atoms with Crippen LogP contribution in [0, 0.1) is 0 Å². The Hall–Kier alpha value is -2.76. The summed E-state index contributed by atoms with van der Waals surface area (Å²) in [4.78, 5) is 60.9. The molecule has 0 aromatic heterocycles. The van der Waals surface area contributed by atoms with Crippen molar-refractivity contribution in [2.75, 3.05) is 25.6 Å². The number of carboxylic acids is 1. The second-order valence-corrected chi connectivity index (χ2v) is 8.81. The van der Waals surface area contributed by atoms with Gasteiger partial charge in [-0.3, -0.25) is 19.2 Å². The van der Waals surface area contributed by atoms with Crippen molar-refractivity contribution in [3.8, 4) is 0 Å². The number of benzene rings is 1. The molecule has 2 unspecified atom stereocenters. The van der Waals surface area contributed by atoms with Gasteiger partial charge in [-0.2, -0.15) is 0 Å². The van der Waals surface area contributed by atoms with Crippen LogP contribution in [-0.2, 0) is 23.9 Å². The number of hydrogen-bond donors (Lipinski definition) is 8. The summed E-state index contributed by atoms with van der Waals surface area (Å²) in [5, 5.41) is 72.0. The Labute approximate surface area is 207 Å². The third kappa shape index (κ3) is 5.33. The number of carboxylic acid groups (broad SMARTS) is 1. The molecule has 1 amide bonds. The minimum Gasteiger partial charge on any atom is -0.480 e. The Kier molecular flexibility index (Phi) is 9.81. The lowest BCUT2D eigenvalue weighted by Gasteiger charge is -2.38. The maximum Gasteiger partial charge on any atom is 0.327 e. The molecule has 0 radical (unpaired) electrons. The largest absolute Gasteiger partial charge is 0.480 e. The number of carbonyl (C=O) groups is 5. The van der Waals surface area contributed by atoms with Crippen molar-refractivity contribution in [1.82, 2.24) is 5.32 Å². The summed E-state index contributed by atoms with van der Waals surface area (Å²) < 4.78 is 5.25. The van der Waals surface area contributed by atoms with Crippen LogP contribution in [0.5, 0.6) is 0 Å². The van der Waals surface area contributed by atoms with Gasteiger partial charge in [0.2, 0.25) is 0 Å². The molecule has 1 aromatic rings. The van der Waals surface area contributed by atoms with Gasteiger partial charge in [-0.05, 0) is 12.1 Å². The number of hydrogen-bond acceptors (Lipinski definition) is 13. The van der Waals surface area contributed by atoms with Crippen LogP contribution in [0.3, 0.4) is 0 Å². The normalized spacial score (nSPS) is 27.2. The molecule has 1 aliphatic rings. The van der Waals surface area contributed by atoms with Gasteiger partial charge in [0.1, 0.15) is 43.5 Å². The lowest BCUT2D eigenvalue weighted by molar-refractivity contribution is -0.186. The first kappa shape index (κ1) is 29.5. The molecule has 8 N–H and O–H groups in total. The SMILES string of the molecule is O=C(N[C@@H](CSC1O[C@H](C(O)C(=O)CO)[C@](O)(C(=O)CO)[C@]1(O)C(=O)CO)C(=O)O)c1ccccc1. The van der Waals surface area contributed by atoms with E-state index in [4.69, 9.17) is 9.84 Å². The molecule has 14 nitrogen and oxygen atoms in total. The fraction of sp³-hybridized carbons (Fsp3) is 0.476. The van der Waals surface area contributed by atoms with E-state index < -0.39 is 89.7 Å². The highest BCUT2D eigenvalue weighted by Crippen LogP contribution is 2.47. The zero-order valence-electron chi connectivity index (χ0n) is 18.5. The molecule has 1 aromatic carbocycles. The number of ether oxygens (including phenoxy) is 1. The number of ketones is 3. The van der Waals surface area contributed by atoms with Crippen molar-refractivity contribution in [1.29, 1.82) is 0 Å². The van der Waals surface area contributed by atoms with Gasteiger partial charge in [-0.1, -0.05) is 18.2 Å². The van der Waals surface area contributed by atoms with Gasteiger partial charge in [0.25, 0.3) is 5.91 Å². The van der Waals surface area contributed by atoms with Crippen molar-refractivity contribution >= 4 is 41.0 Å². The van der Waals surface area contributed by atoms with E-state index in [9.17, 15) is 54.6 Å². The summed E-state index contributed by atoms with van der Waals surface area (Å²) in [6.45, 7) is -4.26. The molecule has 0 saturated carbocycles. The summed E-state index contributed by atoms with van der Waals surface area (Å²) in [6, 6.07) is 5.84. The fourth-order valence-corrected chi connectivity index (χ4v) is 4.94. The third-order valence-electron chi connectivity index (χ3n) is 5.57. The average Bonchev–Trinajstić information content (AvgIpc) is 3.12. The quantitative estimate of drug-likeness (QED) is 0.120. The fourth-order valence-electron chi connectivity index (χ4n) is 3.60. The maximum absolute atomic E-state index is 12.5. The summed E-state index contributed by atoms with van der Waals surface area (Å²) in [5.74, 6) is -7.64. The van der Waals surface area contributed by atoms with Crippen molar-refractivity contribution < 1.29 is 64.5 Å². The maximum atomic E-state index is 12.5. The highest BCUT2D eigenvalue weighted by atomic mass is 32.2. The predicted molar refractivity (Wildman–Crippen MR) is 119 cm³/mol. The second-order valence-electron chi connectivity index (χ2n) is 7.72. The van der Waals surface area contributed by atoms with Crippen LogP contribution >= 0.6 is 11.8 Å². The Morgan fingerprint density at radius 2 is 1.50 bits per heavy atom. The molecule has 1 aliphatic heterocycles. The summed E-state index contributed by atoms with van der Waals surface area (Å²) in [5.41, 5.74) is -8.85. The van der Waals surface area contributed by atoms with E-state index >= 15 is 0 Å². The smallest absolute Gasteiger partial charge is 0.327 e. The summed E-state index contributed by atoms with van der Waals surface area (Å²) in [7, 11) is 0. The van der Waals surface area contributed by atoms with Gasteiger partial charge >= 0.3 is 5.97 Å². The van der Waals surface area contributed by atoms with Crippen LogP contribution in [0.2, 0.25) is 0 Å². The molecule has 198 valence electrons. The lowest BCUT2D eigenvalue weighted by Crippen LogP contribution is -2.70. The van der Waals surface area contributed by atoms with Crippen LogP contribution in [-0.4, -0.2) is 125 Å². The zero-order valence-corrected chi connectivity index (χ0v) is 19.3.